The number of nitrogens with one attached hydrogen (secondary N) is 1. The van der Waals surface area contributed by atoms with E-state index in [1.54, 1.807) is 0 Å². The number of morpholine rings is 1. The van der Waals surface area contributed by atoms with Gasteiger partial charge in [-0.15, -0.1) is 0 Å². The lowest BCUT2D eigenvalue weighted by atomic mass is 10.0. The third-order valence-corrected chi connectivity index (χ3v) is 4.89. The van der Waals surface area contributed by atoms with Crippen LogP contribution in [-0.2, 0) is 24.2 Å². The Kier molecular flexibility index (Phi) is 4.87. The van der Waals surface area contributed by atoms with E-state index in [0.717, 1.165) is 76.6 Å². The molecule has 0 aliphatic carbocycles. The van der Waals surface area contributed by atoms with Crippen molar-refractivity contribution in [1.29, 1.82) is 0 Å². The number of rotatable bonds is 5. The van der Waals surface area contributed by atoms with Crippen molar-refractivity contribution in [3.8, 4) is 11.3 Å². The standard InChI is InChI=1S/C18H25N5O/c1-3-15(13-19-5-1)18-16-14-20-6-4-17(16)23(21-18)8-2-7-22-9-11-24-12-10-22/h1,3,5,13,20H,2,4,6-12,14H2. The molecule has 0 aromatic carbocycles. The van der Waals surface area contributed by atoms with Crippen LogP contribution in [0.15, 0.2) is 24.5 Å². The number of hydrogen-bond donors (Lipinski definition) is 1. The fraction of sp³-hybridized carbons (Fsp3) is 0.556. The predicted molar refractivity (Wildman–Crippen MR) is 92.7 cm³/mol. The summed E-state index contributed by atoms with van der Waals surface area (Å²) in [6.45, 7) is 7.90. The van der Waals surface area contributed by atoms with Gasteiger partial charge in [-0.1, -0.05) is 0 Å². The van der Waals surface area contributed by atoms with Crippen LogP contribution in [0.25, 0.3) is 11.3 Å². The fourth-order valence-corrected chi connectivity index (χ4v) is 3.61. The van der Waals surface area contributed by atoms with Gasteiger partial charge in [-0.2, -0.15) is 5.10 Å². The molecule has 2 aromatic rings. The largest absolute Gasteiger partial charge is 0.379 e. The lowest BCUT2D eigenvalue weighted by Gasteiger charge is -2.26. The summed E-state index contributed by atoms with van der Waals surface area (Å²) in [6, 6.07) is 4.08. The molecule has 2 aliphatic rings. The van der Waals surface area contributed by atoms with Crippen LogP contribution in [0.4, 0.5) is 0 Å². The molecule has 1 fully saturated rings. The molecule has 6 nitrogen and oxygen atoms in total. The number of ether oxygens (including phenoxy) is 1. The molecule has 4 heterocycles. The van der Waals surface area contributed by atoms with Gasteiger partial charge in [0.05, 0.1) is 18.9 Å². The van der Waals surface area contributed by atoms with E-state index < -0.39 is 0 Å². The summed E-state index contributed by atoms with van der Waals surface area (Å²) in [5.41, 5.74) is 4.95. The Morgan fingerprint density at radius 3 is 2.96 bits per heavy atom. The Morgan fingerprint density at radius 2 is 2.12 bits per heavy atom. The van der Waals surface area contributed by atoms with E-state index in [-0.39, 0.29) is 0 Å². The molecule has 0 bridgehead atoms. The fourth-order valence-electron chi connectivity index (χ4n) is 3.61. The van der Waals surface area contributed by atoms with E-state index in [9.17, 15) is 0 Å². The van der Waals surface area contributed by atoms with E-state index in [1.165, 1.54) is 11.3 Å². The molecule has 4 rings (SSSR count). The third kappa shape index (κ3) is 3.36. The quantitative estimate of drug-likeness (QED) is 0.897. The maximum Gasteiger partial charge on any atom is 0.0986 e. The van der Waals surface area contributed by atoms with Gasteiger partial charge in [0.1, 0.15) is 0 Å². The van der Waals surface area contributed by atoms with Crippen molar-refractivity contribution in [3.63, 3.8) is 0 Å². The van der Waals surface area contributed by atoms with Crippen molar-refractivity contribution < 1.29 is 4.74 Å². The van der Waals surface area contributed by atoms with Gasteiger partial charge in [-0.25, -0.2) is 0 Å². The second-order valence-corrected chi connectivity index (χ2v) is 6.47. The molecule has 2 aliphatic heterocycles. The first kappa shape index (κ1) is 15.7. The lowest BCUT2D eigenvalue weighted by Crippen LogP contribution is -2.37. The van der Waals surface area contributed by atoms with E-state index >= 15 is 0 Å². The second-order valence-electron chi connectivity index (χ2n) is 6.47. The van der Waals surface area contributed by atoms with Crippen molar-refractivity contribution in [3.05, 3.63) is 35.8 Å². The molecule has 1 saturated heterocycles. The van der Waals surface area contributed by atoms with Gasteiger partial charge in [0.15, 0.2) is 0 Å². The molecule has 0 spiro atoms. The van der Waals surface area contributed by atoms with Crippen LogP contribution in [0.5, 0.6) is 0 Å². The zero-order valence-corrected chi connectivity index (χ0v) is 14.1. The summed E-state index contributed by atoms with van der Waals surface area (Å²) < 4.78 is 7.65. The number of nitrogens with zero attached hydrogens (tertiary/aromatic N) is 4. The summed E-state index contributed by atoms with van der Waals surface area (Å²) in [5, 5.41) is 8.41. The van der Waals surface area contributed by atoms with Gasteiger partial charge >= 0.3 is 0 Å². The minimum atomic E-state index is 0.869. The maximum atomic E-state index is 5.42. The highest BCUT2D eigenvalue weighted by molar-refractivity contribution is 5.63. The molecular formula is C18H25N5O. The average molecular weight is 327 g/mol. The van der Waals surface area contributed by atoms with Crippen molar-refractivity contribution in [1.82, 2.24) is 25.0 Å². The van der Waals surface area contributed by atoms with Gasteiger partial charge in [-0.3, -0.25) is 14.6 Å². The summed E-state index contributed by atoms with van der Waals surface area (Å²) in [7, 11) is 0. The van der Waals surface area contributed by atoms with E-state index in [2.05, 4.69) is 25.9 Å². The normalized spacial score (nSPS) is 18.5. The molecular weight excluding hydrogens is 302 g/mol. The minimum Gasteiger partial charge on any atom is -0.379 e. The number of hydrogen-bond acceptors (Lipinski definition) is 5. The predicted octanol–water partition coefficient (Wildman–Crippen LogP) is 1.31. The topological polar surface area (TPSA) is 55.2 Å². The molecule has 0 atom stereocenters. The van der Waals surface area contributed by atoms with Gasteiger partial charge in [-0.05, 0) is 18.6 Å². The molecule has 24 heavy (non-hydrogen) atoms. The van der Waals surface area contributed by atoms with Crippen LogP contribution in [0.1, 0.15) is 17.7 Å². The van der Waals surface area contributed by atoms with Crippen LogP contribution in [0, 0.1) is 0 Å². The zero-order chi connectivity index (χ0) is 16.2. The molecule has 1 N–H and O–H groups in total. The highest BCUT2D eigenvalue weighted by Crippen LogP contribution is 2.27. The first-order chi connectivity index (χ1) is 11.9. The number of fused-ring (bicyclic) bond motifs is 1. The van der Waals surface area contributed by atoms with E-state index in [4.69, 9.17) is 9.84 Å². The summed E-state index contributed by atoms with van der Waals surface area (Å²) in [5.74, 6) is 0. The van der Waals surface area contributed by atoms with Crippen LogP contribution in [0.3, 0.4) is 0 Å². The van der Waals surface area contributed by atoms with Crippen molar-refractivity contribution in [2.75, 3.05) is 39.4 Å². The number of pyridine rings is 1. The Morgan fingerprint density at radius 1 is 1.21 bits per heavy atom. The molecule has 2 aromatic heterocycles. The summed E-state index contributed by atoms with van der Waals surface area (Å²) in [6.07, 6.45) is 5.91. The Hall–Kier alpha value is -1.76. The average Bonchev–Trinajstić information content (AvgIpc) is 3.02. The Bertz CT molecular complexity index is 664. The third-order valence-electron chi connectivity index (χ3n) is 4.89. The smallest absolute Gasteiger partial charge is 0.0986 e. The Balaban J connectivity index is 1.49. The van der Waals surface area contributed by atoms with Crippen LogP contribution in [0.2, 0.25) is 0 Å². The van der Waals surface area contributed by atoms with Gasteiger partial charge in [0, 0.05) is 74.9 Å². The number of aromatic nitrogens is 3. The molecule has 6 heteroatoms. The lowest BCUT2D eigenvalue weighted by molar-refractivity contribution is 0.0368. The zero-order valence-electron chi connectivity index (χ0n) is 14.1. The maximum absolute atomic E-state index is 5.42. The van der Waals surface area contributed by atoms with E-state index in [1.807, 2.05) is 18.5 Å². The van der Waals surface area contributed by atoms with Crippen molar-refractivity contribution in [2.24, 2.45) is 0 Å². The van der Waals surface area contributed by atoms with Gasteiger partial charge in [0.25, 0.3) is 0 Å². The minimum absolute atomic E-state index is 0.869. The number of aryl methyl sites for hydroxylation is 1. The highest BCUT2D eigenvalue weighted by Gasteiger charge is 2.21. The van der Waals surface area contributed by atoms with Gasteiger partial charge < -0.3 is 10.1 Å². The summed E-state index contributed by atoms with van der Waals surface area (Å²) in [4.78, 5) is 6.74. The highest BCUT2D eigenvalue weighted by atomic mass is 16.5. The van der Waals surface area contributed by atoms with Crippen LogP contribution in [-0.4, -0.2) is 59.1 Å². The molecule has 0 amide bonds. The Labute approximate surface area is 142 Å². The van der Waals surface area contributed by atoms with Crippen molar-refractivity contribution in [2.45, 2.75) is 25.9 Å². The molecule has 0 saturated carbocycles. The molecule has 0 radical (unpaired) electrons. The van der Waals surface area contributed by atoms with Crippen LogP contribution >= 0.6 is 0 Å². The second kappa shape index (κ2) is 7.42. The SMILES string of the molecule is c1cncc(-c2nn(CCCN3CCOCC3)c3c2CNCC3)c1. The van der Waals surface area contributed by atoms with Gasteiger partial charge in [0.2, 0.25) is 0 Å². The monoisotopic (exact) mass is 327 g/mol. The first-order valence-electron chi connectivity index (χ1n) is 8.91. The summed E-state index contributed by atoms with van der Waals surface area (Å²) >= 11 is 0. The van der Waals surface area contributed by atoms with Crippen molar-refractivity contribution >= 4 is 0 Å². The molecule has 0 unspecified atom stereocenters. The first-order valence-corrected chi connectivity index (χ1v) is 8.91. The molecule has 128 valence electrons. The van der Waals surface area contributed by atoms with E-state index in [0.29, 0.717) is 0 Å². The van der Waals surface area contributed by atoms with Crippen LogP contribution < -0.4 is 5.32 Å².